The monoisotopic (exact) mass is 331 g/mol. The van der Waals surface area contributed by atoms with Gasteiger partial charge < -0.3 is 10.0 Å². The first-order valence-corrected chi connectivity index (χ1v) is 7.61. The topological polar surface area (TPSA) is 66.5 Å². The van der Waals surface area contributed by atoms with Crippen molar-refractivity contribution in [2.75, 3.05) is 11.4 Å². The van der Waals surface area contributed by atoms with Crippen LogP contribution in [0.2, 0.25) is 0 Å². The molecule has 24 heavy (non-hydrogen) atoms. The van der Waals surface area contributed by atoms with Crippen LogP contribution < -0.4 is 4.90 Å². The molecule has 4 rings (SSSR count). The highest BCUT2D eigenvalue weighted by atomic mass is 19.2. The van der Waals surface area contributed by atoms with Crippen molar-refractivity contribution in [3.63, 3.8) is 0 Å². The Morgan fingerprint density at radius 1 is 1.12 bits per heavy atom. The van der Waals surface area contributed by atoms with E-state index in [1.54, 1.807) is 23.6 Å². The molecule has 2 atom stereocenters. The molecule has 0 bridgehead atoms. The zero-order valence-electron chi connectivity index (χ0n) is 12.9. The summed E-state index contributed by atoms with van der Waals surface area (Å²) in [6, 6.07) is 7.11. The molecule has 1 aromatic carbocycles. The van der Waals surface area contributed by atoms with Gasteiger partial charge in [-0.25, -0.2) is 8.78 Å². The van der Waals surface area contributed by atoms with E-state index in [4.69, 9.17) is 0 Å². The van der Waals surface area contributed by atoms with Crippen LogP contribution in [0.3, 0.4) is 0 Å². The summed E-state index contributed by atoms with van der Waals surface area (Å²) in [4.78, 5) is 1.89. The van der Waals surface area contributed by atoms with Gasteiger partial charge in [-0.15, -0.1) is 15.3 Å². The highest BCUT2D eigenvalue weighted by Gasteiger charge is 2.33. The summed E-state index contributed by atoms with van der Waals surface area (Å²) < 4.78 is 28.4. The Morgan fingerprint density at radius 2 is 1.96 bits per heavy atom. The number of hydrogen-bond acceptors (Lipinski definition) is 5. The highest BCUT2D eigenvalue weighted by Crippen LogP contribution is 2.35. The molecule has 1 aliphatic rings. The van der Waals surface area contributed by atoms with Crippen LogP contribution in [0.1, 0.15) is 23.9 Å². The van der Waals surface area contributed by atoms with Crippen LogP contribution in [0.5, 0.6) is 0 Å². The molecule has 0 amide bonds. The van der Waals surface area contributed by atoms with E-state index in [2.05, 4.69) is 15.3 Å². The number of β-amino-alcohol motifs (C(OH)–C–C–N with tert-alkyl or cyclic N) is 1. The Bertz CT molecular complexity index is 913. The fourth-order valence-electron chi connectivity index (χ4n) is 3.14. The van der Waals surface area contributed by atoms with E-state index in [0.29, 0.717) is 35.8 Å². The predicted octanol–water partition coefficient (Wildman–Crippen LogP) is 2.02. The summed E-state index contributed by atoms with van der Waals surface area (Å²) in [5.41, 5.74) is 1.23. The van der Waals surface area contributed by atoms with Gasteiger partial charge in [0.2, 0.25) is 0 Å². The number of aliphatic hydroxyl groups excluding tert-OH is 1. The molecule has 0 aliphatic carbocycles. The quantitative estimate of drug-likeness (QED) is 0.778. The van der Waals surface area contributed by atoms with Gasteiger partial charge in [-0.2, -0.15) is 4.52 Å². The Labute approximate surface area is 136 Å². The van der Waals surface area contributed by atoms with Crippen LogP contribution in [-0.2, 0) is 0 Å². The molecule has 0 unspecified atom stereocenters. The van der Waals surface area contributed by atoms with Gasteiger partial charge in [0, 0.05) is 6.54 Å². The first-order chi connectivity index (χ1) is 11.5. The maximum Gasteiger partial charge on any atom is 0.178 e. The van der Waals surface area contributed by atoms with Crippen LogP contribution in [0, 0.1) is 18.6 Å². The molecule has 0 spiro atoms. The summed E-state index contributed by atoms with van der Waals surface area (Å²) in [6.45, 7) is 2.16. The average Bonchev–Trinajstić information content (AvgIpc) is 3.13. The lowest BCUT2D eigenvalue weighted by atomic mass is 10.0. The Kier molecular flexibility index (Phi) is 3.42. The van der Waals surface area contributed by atoms with Crippen LogP contribution >= 0.6 is 0 Å². The van der Waals surface area contributed by atoms with E-state index >= 15 is 0 Å². The van der Waals surface area contributed by atoms with Gasteiger partial charge in [-0.1, -0.05) is 6.07 Å². The number of aliphatic hydroxyl groups is 1. The van der Waals surface area contributed by atoms with Crippen LogP contribution in [-0.4, -0.2) is 37.6 Å². The van der Waals surface area contributed by atoms with E-state index in [9.17, 15) is 13.9 Å². The van der Waals surface area contributed by atoms with Crippen LogP contribution in [0.15, 0.2) is 30.3 Å². The lowest BCUT2D eigenvalue weighted by molar-refractivity contribution is 0.194. The summed E-state index contributed by atoms with van der Waals surface area (Å²) in [6.07, 6.45) is -0.144. The van der Waals surface area contributed by atoms with Gasteiger partial charge in [0.1, 0.15) is 5.82 Å². The van der Waals surface area contributed by atoms with Crippen molar-refractivity contribution in [3.05, 3.63) is 53.4 Å². The largest absolute Gasteiger partial charge is 0.391 e. The second kappa shape index (κ2) is 5.48. The third-order valence-corrected chi connectivity index (χ3v) is 4.31. The minimum absolute atomic E-state index is 0.281. The van der Waals surface area contributed by atoms with Crippen molar-refractivity contribution in [2.45, 2.75) is 25.5 Å². The fraction of sp³-hybridized carbons (Fsp3) is 0.312. The second-order valence-corrected chi connectivity index (χ2v) is 5.94. The number of anilines is 1. The Hall–Kier alpha value is -2.61. The van der Waals surface area contributed by atoms with Gasteiger partial charge >= 0.3 is 0 Å². The van der Waals surface area contributed by atoms with Crippen molar-refractivity contribution >= 4 is 11.5 Å². The molecule has 3 heterocycles. The number of aromatic nitrogens is 4. The molecule has 1 fully saturated rings. The van der Waals surface area contributed by atoms with E-state index < -0.39 is 17.7 Å². The minimum atomic E-state index is -0.896. The first-order valence-electron chi connectivity index (χ1n) is 7.61. The molecule has 1 aliphatic heterocycles. The van der Waals surface area contributed by atoms with Gasteiger partial charge in [0.15, 0.2) is 23.1 Å². The van der Waals surface area contributed by atoms with Crippen molar-refractivity contribution in [1.82, 2.24) is 19.8 Å². The van der Waals surface area contributed by atoms with Gasteiger partial charge in [-0.3, -0.25) is 0 Å². The number of nitrogens with zero attached hydrogens (tertiary/aromatic N) is 5. The van der Waals surface area contributed by atoms with Crippen molar-refractivity contribution in [2.24, 2.45) is 0 Å². The fourth-order valence-corrected chi connectivity index (χ4v) is 3.14. The molecule has 3 aromatic rings. The summed E-state index contributed by atoms with van der Waals surface area (Å²) in [7, 11) is 0. The summed E-state index contributed by atoms with van der Waals surface area (Å²) >= 11 is 0. The number of benzene rings is 1. The van der Waals surface area contributed by atoms with E-state index in [-0.39, 0.29) is 6.04 Å². The molecule has 8 heteroatoms. The molecule has 6 nitrogen and oxygen atoms in total. The third kappa shape index (κ3) is 2.39. The number of halogens is 2. The standard InChI is InChI=1S/C16H15F2N5O/c1-9-19-20-15-4-5-16(21-23(9)15)22-8-11(24)7-14(22)10-2-3-12(17)13(18)6-10/h2-6,11,14,24H,7-8H2,1H3/t11-,14+/m0/s1. The molecule has 1 N–H and O–H groups in total. The van der Waals surface area contributed by atoms with E-state index in [1.165, 1.54) is 12.1 Å². The lowest BCUT2D eigenvalue weighted by Crippen LogP contribution is -2.26. The van der Waals surface area contributed by atoms with Crippen LogP contribution in [0.25, 0.3) is 5.65 Å². The van der Waals surface area contributed by atoms with Gasteiger partial charge in [0.05, 0.1) is 12.1 Å². The van der Waals surface area contributed by atoms with E-state index in [0.717, 1.165) is 6.07 Å². The maximum atomic E-state index is 13.6. The summed E-state index contributed by atoms with van der Waals surface area (Å²) in [5.74, 6) is -0.511. The zero-order chi connectivity index (χ0) is 16.8. The first kappa shape index (κ1) is 14.9. The number of rotatable bonds is 2. The number of aryl methyl sites for hydroxylation is 1. The molecule has 1 saturated heterocycles. The lowest BCUT2D eigenvalue weighted by Gasteiger charge is -2.25. The Morgan fingerprint density at radius 3 is 2.75 bits per heavy atom. The highest BCUT2D eigenvalue weighted by molar-refractivity contribution is 5.49. The number of fused-ring (bicyclic) bond motifs is 1. The minimum Gasteiger partial charge on any atom is -0.391 e. The van der Waals surface area contributed by atoms with Crippen molar-refractivity contribution in [1.29, 1.82) is 0 Å². The SMILES string of the molecule is Cc1nnc2ccc(N3C[C@@H](O)C[C@@H]3c3ccc(F)c(F)c3)nn12. The summed E-state index contributed by atoms with van der Waals surface area (Å²) in [5, 5.41) is 22.5. The van der Waals surface area contributed by atoms with Crippen molar-refractivity contribution in [3.8, 4) is 0 Å². The van der Waals surface area contributed by atoms with Gasteiger partial charge in [0.25, 0.3) is 0 Å². The molecular formula is C16H15F2N5O. The number of hydrogen-bond donors (Lipinski definition) is 1. The molecule has 124 valence electrons. The molecule has 0 radical (unpaired) electrons. The Balaban J connectivity index is 1.75. The normalized spacial score (nSPS) is 20.9. The molecule has 0 saturated carbocycles. The second-order valence-electron chi connectivity index (χ2n) is 5.94. The van der Waals surface area contributed by atoms with E-state index in [1.807, 2.05) is 4.90 Å². The molecular weight excluding hydrogens is 316 g/mol. The van der Waals surface area contributed by atoms with Crippen molar-refractivity contribution < 1.29 is 13.9 Å². The smallest absolute Gasteiger partial charge is 0.178 e. The average molecular weight is 331 g/mol. The zero-order valence-corrected chi connectivity index (χ0v) is 12.9. The predicted molar refractivity (Wildman–Crippen MR) is 82.6 cm³/mol. The maximum absolute atomic E-state index is 13.6. The van der Waals surface area contributed by atoms with Crippen LogP contribution in [0.4, 0.5) is 14.6 Å². The molecule has 2 aromatic heterocycles. The van der Waals surface area contributed by atoms with Gasteiger partial charge in [-0.05, 0) is 43.2 Å². The third-order valence-electron chi connectivity index (χ3n) is 4.31.